The lowest BCUT2D eigenvalue weighted by molar-refractivity contribution is -0.149. The number of rotatable bonds is 2. The molecule has 0 heterocycles. The van der Waals surface area contributed by atoms with Crippen LogP contribution in [0.15, 0.2) is 0 Å². The molecule has 11 heavy (non-hydrogen) atoms. The van der Waals surface area contributed by atoms with Crippen LogP contribution in [0.1, 0.15) is 34.1 Å². The first kappa shape index (κ1) is 8.57. The summed E-state index contributed by atoms with van der Waals surface area (Å²) in [7, 11) is 0. The molecule has 0 bridgehead atoms. The lowest BCUT2D eigenvalue weighted by Crippen LogP contribution is -2.15. The molecular formula is C9H16O2. The van der Waals surface area contributed by atoms with E-state index in [1.165, 1.54) is 0 Å². The topological polar surface area (TPSA) is 26.3 Å². The fourth-order valence-corrected chi connectivity index (χ4v) is 1.18. The summed E-state index contributed by atoms with van der Waals surface area (Å²) in [6.07, 6.45) is 1.01. The quantitative estimate of drug-likeness (QED) is 0.571. The van der Waals surface area contributed by atoms with Gasteiger partial charge in [-0.2, -0.15) is 0 Å². The zero-order chi connectivity index (χ0) is 8.65. The monoisotopic (exact) mass is 156 g/mol. The van der Waals surface area contributed by atoms with E-state index in [0.717, 1.165) is 6.42 Å². The van der Waals surface area contributed by atoms with Crippen molar-refractivity contribution in [2.24, 2.45) is 11.3 Å². The highest BCUT2D eigenvalue weighted by Crippen LogP contribution is 2.52. The molecule has 0 unspecified atom stereocenters. The van der Waals surface area contributed by atoms with Gasteiger partial charge >= 0.3 is 5.97 Å². The van der Waals surface area contributed by atoms with Crippen LogP contribution in [0.4, 0.5) is 0 Å². The van der Waals surface area contributed by atoms with Crippen LogP contribution in [0.2, 0.25) is 0 Å². The normalized spacial score (nSPS) is 26.8. The first-order chi connectivity index (χ1) is 4.93. The van der Waals surface area contributed by atoms with Crippen molar-refractivity contribution in [1.29, 1.82) is 0 Å². The Balaban J connectivity index is 2.34. The van der Waals surface area contributed by atoms with Crippen LogP contribution in [0, 0.1) is 11.3 Å². The molecule has 0 spiro atoms. The second-order valence-electron chi connectivity index (χ2n) is 4.23. The molecule has 0 aliphatic heterocycles. The van der Waals surface area contributed by atoms with Gasteiger partial charge in [-0.1, -0.05) is 13.8 Å². The lowest BCUT2D eigenvalue weighted by Gasteiger charge is -2.08. The van der Waals surface area contributed by atoms with Gasteiger partial charge in [-0.15, -0.1) is 0 Å². The van der Waals surface area contributed by atoms with Gasteiger partial charge in [0.1, 0.15) is 0 Å². The average Bonchev–Trinajstić information content (AvgIpc) is 2.38. The third kappa shape index (κ3) is 1.95. The molecule has 0 aromatic rings. The van der Waals surface area contributed by atoms with Crippen LogP contribution in [-0.4, -0.2) is 12.1 Å². The van der Waals surface area contributed by atoms with E-state index in [1.807, 2.05) is 13.8 Å². The van der Waals surface area contributed by atoms with E-state index in [9.17, 15) is 4.79 Å². The van der Waals surface area contributed by atoms with Crippen molar-refractivity contribution in [3.05, 3.63) is 0 Å². The summed E-state index contributed by atoms with van der Waals surface area (Å²) in [4.78, 5) is 11.2. The Morgan fingerprint density at radius 2 is 2.00 bits per heavy atom. The number of hydrogen-bond acceptors (Lipinski definition) is 2. The maximum absolute atomic E-state index is 11.2. The minimum Gasteiger partial charge on any atom is -0.463 e. The smallest absolute Gasteiger partial charge is 0.309 e. The summed E-state index contributed by atoms with van der Waals surface area (Å²) >= 11 is 0. The zero-order valence-corrected chi connectivity index (χ0v) is 7.68. The molecule has 2 heteroatoms. The first-order valence-electron chi connectivity index (χ1n) is 4.14. The summed E-state index contributed by atoms with van der Waals surface area (Å²) in [6.45, 7) is 7.96. The summed E-state index contributed by atoms with van der Waals surface area (Å²) in [5, 5.41) is 0. The van der Waals surface area contributed by atoms with Crippen molar-refractivity contribution in [1.82, 2.24) is 0 Å². The predicted molar refractivity (Wildman–Crippen MR) is 43.1 cm³/mol. The largest absolute Gasteiger partial charge is 0.463 e. The molecule has 2 nitrogen and oxygen atoms in total. The van der Waals surface area contributed by atoms with Gasteiger partial charge in [0.25, 0.3) is 0 Å². The molecule has 1 saturated carbocycles. The van der Waals surface area contributed by atoms with Gasteiger partial charge in [-0.05, 0) is 25.7 Å². The zero-order valence-electron chi connectivity index (χ0n) is 7.68. The van der Waals surface area contributed by atoms with Gasteiger partial charge in [-0.3, -0.25) is 4.79 Å². The number of ether oxygens (including phenoxy) is 1. The van der Waals surface area contributed by atoms with Crippen LogP contribution in [0.3, 0.4) is 0 Å². The highest BCUT2D eigenvalue weighted by atomic mass is 16.5. The van der Waals surface area contributed by atoms with E-state index < -0.39 is 0 Å². The van der Waals surface area contributed by atoms with Gasteiger partial charge < -0.3 is 4.74 Å². The van der Waals surface area contributed by atoms with Gasteiger partial charge in [0.2, 0.25) is 0 Å². The standard InChI is InChI=1S/C9H16O2/c1-6(2)11-8(10)7-5-9(7,3)4/h6-7H,5H2,1-4H3/t7-/m1/s1. The fourth-order valence-electron chi connectivity index (χ4n) is 1.18. The fraction of sp³-hybridized carbons (Fsp3) is 0.889. The van der Waals surface area contributed by atoms with Gasteiger partial charge in [0, 0.05) is 0 Å². The predicted octanol–water partition coefficient (Wildman–Crippen LogP) is 1.98. The van der Waals surface area contributed by atoms with Crippen molar-refractivity contribution < 1.29 is 9.53 Å². The van der Waals surface area contributed by atoms with Crippen molar-refractivity contribution in [2.45, 2.75) is 40.2 Å². The Morgan fingerprint density at radius 3 is 2.27 bits per heavy atom. The first-order valence-corrected chi connectivity index (χ1v) is 4.14. The molecule has 0 aromatic carbocycles. The Hall–Kier alpha value is -0.530. The minimum absolute atomic E-state index is 0.0231. The Kier molecular flexibility index (Phi) is 1.95. The molecule has 1 rings (SSSR count). The molecule has 64 valence electrons. The number of carbonyl (C=O) groups is 1. The molecule has 1 fully saturated rings. The van der Waals surface area contributed by atoms with Crippen LogP contribution in [-0.2, 0) is 9.53 Å². The molecule has 0 N–H and O–H groups in total. The molecule has 0 aromatic heterocycles. The van der Waals surface area contributed by atoms with Crippen molar-refractivity contribution in [3.63, 3.8) is 0 Å². The van der Waals surface area contributed by atoms with Crippen LogP contribution in [0.5, 0.6) is 0 Å². The van der Waals surface area contributed by atoms with Crippen LogP contribution < -0.4 is 0 Å². The lowest BCUT2D eigenvalue weighted by atomic mass is 10.1. The second kappa shape index (κ2) is 2.50. The van der Waals surface area contributed by atoms with Gasteiger partial charge in [-0.25, -0.2) is 0 Å². The van der Waals surface area contributed by atoms with E-state index in [2.05, 4.69) is 13.8 Å². The Labute approximate surface area is 67.9 Å². The van der Waals surface area contributed by atoms with E-state index in [0.29, 0.717) is 0 Å². The van der Waals surface area contributed by atoms with Crippen molar-refractivity contribution >= 4 is 5.97 Å². The molecule has 0 amide bonds. The average molecular weight is 156 g/mol. The van der Waals surface area contributed by atoms with Crippen molar-refractivity contribution in [2.75, 3.05) is 0 Å². The highest BCUT2D eigenvalue weighted by molar-refractivity contribution is 5.76. The van der Waals surface area contributed by atoms with Gasteiger partial charge in [0.05, 0.1) is 12.0 Å². The maximum atomic E-state index is 11.2. The van der Waals surface area contributed by atoms with E-state index in [1.54, 1.807) is 0 Å². The van der Waals surface area contributed by atoms with Gasteiger partial charge in [0.15, 0.2) is 0 Å². The van der Waals surface area contributed by atoms with E-state index >= 15 is 0 Å². The van der Waals surface area contributed by atoms with Crippen LogP contribution in [0.25, 0.3) is 0 Å². The van der Waals surface area contributed by atoms with Crippen molar-refractivity contribution in [3.8, 4) is 0 Å². The third-order valence-corrected chi connectivity index (χ3v) is 2.15. The summed E-state index contributed by atoms with van der Waals surface area (Å²) in [6, 6.07) is 0. The maximum Gasteiger partial charge on any atom is 0.309 e. The summed E-state index contributed by atoms with van der Waals surface area (Å²) < 4.78 is 5.07. The Morgan fingerprint density at radius 1 is 1.55 bits per heavy atom. The highest BCUT2D eigenvalue weighted by Gasteiger charge is 2.51. The molecule has 1 atom stereocenters. The third-order valence-electron chi connectivity index (χ3n) is 2.15. The number of hydrogen-bond donors (Lipinski definition) is 0. The minimum atomic E-state index is -0.0231. The van der Waals surface area contributed by atoms with E-state index in [4.69, 9.17) is 4.74 Å². The second-order valence-corrected chi connectivity index (χ2v) is 4.23. The molecule has 0 saturated heterocycles. The summed E-state index contributed by atoms with van der Waals surface area (Å²) in [5.41, 5.74) is 0.200. The Bertz CT molecular complexity index is 170. The molecule has 1 aliphatic carbocycles. The SMILES string of the molecule is CC(C)OC(=O)[C@H]1CC1(C)C. The molecular weight excluding hydrogens is 140 g/mol. The number of esters is 1. The number of carbonyl (C=O) groups excluding carboxylic acids is 1. The molecule has 1 aliphatic rings. The van der Waals surface area contributed by atoms with E-state index in [-0.39, 0.29) is 23.4 Å². The summed E-state index contributed by atoms with van der Waals surface area (Å²) in [5.74, 6) is 0.134. The molecule has 0 radical (unpaired) electrons. The van der Waals surface area contributed by atoms with Crippen LogP contribution >= 0.6 is 0 Å².